The molecule has 1 amide bonds. The number of anilines is 1. The van der Waals surface area contributed by atoms with Crippen molar-refractivity contribution in [3.8, 4) is 11.1 Å². The molecule has 0 aliphatic carbocycles. The Morgan fingerprint density at radius 3 is 2.49 bits per heavy atom. The zero-order valence-electron chi connectivity index (χ0n) is 21.7. The number of carbonyl (C=O) groups is 2. The number of fused-ring (bicyclic) bond motifs is 3. The quantitative estimate of drug-likeness (QED) is 0.316. The van der Waals surface area contributed by atoms with Crippen molar-refractivity contribution in [3.05, 3.63) is 52.6 Å². The molecule has 2 aliphatic heterocycles. The van der Waals surface area contributed by atoms with Gasteiger partial charge in [0.25, 0.3) is 5.91 Å². The fourth-order valence-electron chi connectivity index (χ4n) is 6.09. The summed E-state index contributed by atoms with van der Waals surface area (Å²) in [5.74, 6) is 0.0131. The predicted molar refractivity (Wildman–Crippen MR) is 142 cm³/mol. The molecule has 4 aromatic rings. The smallest absolute Gasteiger partial charge is 0.291 e. The maximum absolute atomic E-state index is 13.1. The molecule has 2 bridgehead atoms. The van der Waals surface area contributed by atoms with Crippen molar-refractivity contribution in [1.29, 1.82) is 0 Å². The van der Waals surface area contributed by atoms with Gasteiger partial charge in [-0.2, -0.15) is 14.7 Å². The Morgan fingerprint density at radius 1 is 1.18 bits per heavy atom. The topological polar surface area (TPSA) is 168 Å². The predicted octanol–water partition coefficient (Wildman–Crippen LogP) is 3.13. The lowest BCUT2D eigenvalue weighted by Gasteiger charge is -2.38. The van der Waals surface area contributed by atoms with Crippen LogP contribution in [0.25, 0.3) is 16.8 Å². The summed E-state index contributed by atoms with van der Waals surface area (Å²) in [6.45, 7) is 4.71. The number of ketones is 1. The van der Waals surface area contributed by atoms with E-state index in [0.717, 1.165) is 12.8 Å². The molecule has 1 unspecified atom stereocenters. The Bertz CT molecular complexity index is 1600. The monoisotopic (exact) mass is 549 g/mol. The molecule has 3 atom stereocenters. The van der Waals surface area contributed by atoms with Crippen LogP contribution in [-0.4, -0.2) is 68.5 Å². The third-order valence-electron chi connectivity index (χ3n) is 7.77. The summed E-state index contributed by atoms with van der Waals surface area (Å²) in [4.78, 5) is 41.2. The first-order valence-corrected chi connectivity index (χ1v) is 13.2. The molecule has 4 aromatic heterocycles. The van der Waals surface area contributed by atoms with Gasteiger partial charge in [0.15, 0.2) is 11.4 Å². The van der Waals surface area contributed by atoms with Crippen LogP contribution in [0.2, 0.25) is 5.02 Å². The van der Waals surface area contributed by atoms with E-state index in [1.807, 2.05) is 4.90 Å². The maximum Gasteiger partial charge on any atom is 0.291 e. The van der Waals surface area contributed by atoms with Gasteiger partial charge < -0.3 is 15.7 Å². The summed E-state index contributed by atoms with van der Waals surface area (Å²) < 4.78 is 1.46. The average Bonchev–Trinajstić information content (AvgIpc) is 3.61. The minimum atomic E-state index is -1.20. The van der Waals surface area contributed by atoms with Crippen molar-refractivity contribution < 1.29 is 14.7 Å². The number of aromatic nitrogens is 7. The zero-order valence-corrected chi connectivity index (χ0v) is 22.5. The van der Waals surface area contributed by atoms with Gasteiger partial charge >= 0.3 is 0 Å². The second kappa shape index (κ2) is 9.09. The van der Waals surface area contributed by atoms with Crippen molar-refractivity contribution in [3.63, 3.8) is 0 Å². The number of Topliss-reactive ketones (excluding diaryl/α,β-unsaturated/α-hetero) is 1. The van der Waals surface area contributed by atoms with Crippen LogP contribution in [0.4, 0.5) is 5.82 Å². The molecule has 0 aromatic carbocycles. The number of aliphatic hydroxyl groups is 1. The second-order valence-corrected chi connectivity index (χ2v) is 11.2. The third-order valence-corrected chi connectivity index (χ3v) is 8.05. The molecule has 13 heteroatoms. The van der Waals surface area contributed by atoms with Gasteiger partial charge in [-0.1, -0.05) is 11.6 Å². The van der Waals surface area contributed by atoms with Crippen LogP contribution in [0.3, 0.4) is 0 Å². The summed E-state index contributed by atoms with van der Waals surface area (Å²) in [5, 5.41) is 21.6. The van der Waals surface area contributed by atoms with Crippen molar-refractivity contribution in [1.82, 2.24) is 39.7 Å². The van der Waals surface area contributed by atoms with Crippen molar-refractivity contribution in [2.45, 2.75) is 70.1 Å². The lowest BCUT2D eigenvalue weighted by molar-refractivity contribution is 0.0556. The van der Waals surface area contributed by atoms with Crippen LogP contribution >= 0.6 is 11.6 Å². The lowest BCUT2D eigenvalue weighted by Crippen LogP contribution is -2.46. The SMILES string of the molecule is CC(=O)c1c(C2C[C@H]3CC[C@@H](C2)N3C(=O)c2ncn[nH]2)nc2c(-c3cnc(C(C)(C)O)c(Cl)c3)cnn2c1N. The minimum Gasteiger partial charge on any atom is -0.384 e. The van der Waals surface area contributed by atoms with E-state index in [1.165, 1.54) is 17.8 Å². The summed E-state index contributed by atoms with van der Waals surface area (Å²) in [7, 11) is 0. The van der Waals surface area contributed by atoms with Gasteiger partial charge in [0.1, 0.15) is 17.7 Å². The van der Waals surface area contributed by atoms with Crippen LogP contribution in [-0.2, 0) is 5.60 Å². The van der Waals surface area contributed by atoms with E-state index in [-0.39, 0.29) is 41.3 Å². The molecule has 202 valence electrons. The normalized spacial score (nSPS) is 21.1. The Hall–Kier alpha value is -3.90. The summed E-state index contributed by atoms with van der Waals surface area (Å²) in [6.07, 6.45) is 7.58. The van der Waals surface area contributed by atoms with E-state index in [4.69, 9.17) is 22.3 Å². The Labute approximate surface area is 228 Å². The molecule has 2 aliphatic rings. The van der Waals surface area contributed by atoms with Crippen molar-refractivity contribution in [2.75, 3.05) is 5.73 Å². The average molecular weight is 550 g/mol. The van der Waals surface area contributed by atoms with Gasteiger partial charge in [-0.05, 0) is 52.5 Å². The van der Waals surface area contributed by atoms with E-state index in [0.29, 0.717) is 51.6 Å². The molecule has 39 heavy (non-hydrogen) atoms. The number of aromatic amines is 1. The summed E-state index contributed by atoms with van der Waals surface area (Å²) in [5.41, 5.74) is 8.45. The number of rotatable bonds is 5. The van der Waals surface area contributed by atoms with Crippen molar-refractivity contribution >= 4 is 34.8 Å². The number of hydrogen-bond acceptors (Lipinski definition) is 9. The molecular formula is C26H28ClN9O3. The Balaban J connectivity index is 1.41. The highest BCUT2D eigenvalue weighted by atomic mass is 35.5. The fraction of sp³-hybridized carbons (Fsp3) is 0.423. The highest BCUT2D eigenvalue weighted by molar-refractivity contribution is 6.31. The molecule has 0 spiro atoms. The highest BCUT2D eigenvalue weighted by Crippen LogP contribution is 2.45. The standard InChI is InChI=1S/C26H28ClN9O3/c1-12(37)19-20(13-6-15-4-5-16(7-13)35(15)25(38)23-30-11-31-34-23)33-24-17(10-32-36(24)22(19)28)14-8-18(27)21(29-9-14)26(2,3)39/h8-11,13,15-16,39H,4-7,28H2,1-3H3,(H,30,31,34)/t13?,15-,16+. The first-order valence-electron chi connectivity index (χ1n) is 12.8. The van der Waals surface area contributed by atoms with Gasteiger partial charge in [0.05, 0.1) is 28.2 Å². The van der Waals surface area contributed by atoms with Crippen molar-refractivity contribution in [2.24, 2.45) is 0 Å². The Morgan fingerprint density at radius 2 is 1.90 bits per heavy atom. The number of halogens is 1. The third kappa shape index (κ3) is 4.14. The number of nitrogens with one attached hydrogen (secondary N) is 1. The molecule has 6 heterocycles. The number of H-pyrrole nitrogens is 1. The highest BCUT2D eigenvalue weighted by Gasteiger charge is 2.45. The molecule has 6 rings (SSSR count). The number of nitrogens with zero attached hydrogens (tertiary/aromatic N) is 7. The van der Waals surface area contributed by atoms with Gasteiger partial charge in [0.2, 0.25) is 5.82 Å². The number of amides is 1. The van der Waals surface area contributed by atoms with Crippen LogP contribution in [0.5, 0.6) is 0 Å². The molecular weight excluding hydrogens is 522 g/mol. The fourth-order valence-corrected chi connectivity index (χ4v) is 6.49. The molecule has 0 radical (unpaired) electrons. The molecule has 2 saturated heterocycles. The number of pyridine rings is 1. The van der Waals surface area contributed by atoms with E-state index < -0.39 is 5.60 Å². The van der Waals surface area contributed by atoms with Gasteiger partial charge in [-0.15, -0.1) is 0 Å². The van der Waals surface area contributed by atoms with Gasteiger partial charge in [-0.3, -0.25) is 19.7 Å². The molecule has 2 fully saturated rings. The summed E-state index contributed by atoms with van der Waals surface area (Å²) in [6, 6.07) is 1.70. The number of piperidine rings is 1. The Kier molecular flexibility index (Phi) is 5.92. The zero-order chi connectivity index (χ0) is 27.6. The number of carbonyl (C=O) groups excluding carboxylic acids is 2. The second-order valence-electron chi connectivity index (χ2n) is 10.8. The number of hydrogen-bond donors (Lipinski definition) is 3. The summed E-state index contributed by atoms with van der Waals surface area (Å²) >= 11 is 6.47. The van der Waals surface area contributed by atoms with Crippen LogP contribution in [0, 0.1) is 0 Å². The first kappa shape index (κ1) is 25.4. The van der Waals surface area contributed by atoms with Gasteiger partial charge in [0, 0.05) is 35.3 Å². The van der Waals surface area contributed by atoms with E-state index in [2.05, 4.69) is 25.3 Å². The molecule has 0 saturated carbocycles. The van der Waals surface area contributed by atoms with Gasteiger partial charge in [-0.25, -0.2) is 9.97 Å². The van der Waals surface area contributed by atoms with Crippen LogP contribution in [0.15, 0.2) is 24.8 Å². The number of nitrogens with two attached hydrogens (primary N) is 1. The van der Waals surface area contributed by atoms with E-state index >= 15 is 0 Å². The molecule has 12 nitrogen and oxygen atoms in total. The van der Waals surface area contributed by atoms with Crippen LogP contribution < -0.4 is 5.73 Å². The number of nitrogen functional groups attached to an aromatic ring is 1. The lowest BCUT2D eigenvalue weighted by atomic mass is 9.85. The molecule has 4 N–H and O–H groups in total. The van der Waals surface area contributed by atoms with E-state index in [1.54, 1.807) is 32.3 Å². The van der Waals surface area contributed by atoms with Crippen LogP contribution in [0.1, 0.15) is 84.7 Å². The largest absolute Gasteiger partial charge is 0.384 e. The van der Waals surface area contributed by atoms with E-state index in [9.17, 15) is 14.7 Å². The first-order chi connectivity index (χ1) is 18.5. The minimum absolute atomic E-state index is 0.00724. The maximum atomic E-state index is 13.1.